The summed E-state index contributed by atoms with van der Waals surface area (Å²) in [6.07, 6.45) is 1.94. The van der Waals surface area contributed by atoms with Crippen LogP contribution in [-0.2, 0) is 7.05 Å². The van der Waals surface area contributed by atoms with Gasteiger partial charge >= 0.3 is 0 Å². The molecule has 0 aliphatic heterocycles. The van der Waals surface area contributed by atoms with E-state index in [4.69, 9.17) is 4.98 Å². The molecular weight excluding hydrogens is 332 g/mol. The maximum absolute atomic E-state index is 4.70. The van der Waals surface area contributed by atoms with Crippen molar-refractivity contribution in [2.45, 2.75) is 6.92 Å². The summed E-state index contributed by atoms with van der Waals surface area (Å²) in [4.78, 5) is 4.70. The standard InChI is InChI=1S/C20H15N2S2/c1-12-14-6-4-3-5-13(14)7-8-15(12)18-19-17(21-11-22(18)2)16-9-10-23-20(16)24-19/h3-11H,1-2H3/q+1. The molecule has 0 aliphatic rings. The van der Waals surface area contributed by atoms with Gasteiger partial charge in [0, 0.05) is 5.56 Å². The third kappa shape index (κ3) is 1.87. The summed E-state index contributed by atoms with van der Waals surface area (Å²) in [5.74, 6) is 0. The van der Waals surface area contributed by atoms with E-state index in [1.54, 1.807) is 11.3 Å². The van der Waals surface area contributed by atoms with Gasteiger partial charge in [0.25, 0.3) is 6.33 Å². The Labute approximate surface area is 147 Å². The summed E-state index contributed by atoms with van der Waals surface area (Å²) >= 11 is 3.65. The van der Waals surface area contributed by atoms with E-state index in [1.807, 2.05) is 17.7 Å². The minimum Gasteiger partial charge on any atom is -0.231 e. The number of rotatable bonds is 1. The number of thiophene rings is 2. The van der Waals surface area contributed by atoms with E-state index in [0.29, 0.717) is 0 Å². The molecule has 0 saturated carbocycles. The maximum atomic E-state index is 4.70. The minimum atomic E-state index is 1.12. The third-order valence-electron chi connectivity index (χ3n) is 4.68. The molecule has 0 aliphatic carbocycles. The highest BCUT2D eigenvalue weighted by Gasteiger charge is 2.22. The van der Waals surface area contributed by atoms with Crippen LogP contribution in [0.4, 0.5) is 0 Å². The lowest BCUT2D eigenvalue weighted by molar-refractivity contribution is -0.662. The van der Waals surface area contributed by atoms with Gasteiger partial charge in [0.15, 0.2) is 5.69 Å². The molecule has 4 heteroatoms. The van der Waals surface area contributed by atoms with E-state index >= 15 is 0 Å². The average Bonchev–Trinajstić information content (AvgIpc) is 3.17. The van der Waals surface area contributed by atoms with Crippen LogP contribution in [0.15, 0.2) is 54.2 Å². The lowest BCUT2D eigenvalue weighted by atomic mass is 9.97. The normalized spacial score (nSPS) is 11.8. The fourth-order valence-corrected chi connectivity index (χ4v) is 5.76. The summed E-state index contributed by atoms with van der Waals surface area (Å²) in [6, 6.07) is 15.2. The first-order chi connectivity index (χ1) is 11.7. The van der Waals surface area contributed by atoms with Crippen molar-refractivity contribution >= 4 is 53.1 Å². The molecule has 5 aromatic rings. The van der Waals surface area contributed by atoms with Gasteiger partial charge < -0.3 is 0 Å². The first kappa shape index (κ1) is 14.1. The number of aryl methyl sites for hydroxylation is 2. The van der Waals surface area contributed by atoms with Crippen molar-refractivity contribution in [3.63, 3.8) is 0 Å². The highest BCUT2D eigenvalue weighted by Crippen LogP contribution is 2.40. The summed E-state index contributed by atoms with van der Waals surface area (Å²) in [7, 11) is 2.09. The fraction of sp³-hybridized carbons (Fsp3) is 0.100. The van der Waals surface area contributed by atoms with E-state index in [2.05, 4.69) is 66.4 Å². The van der Waals surface area contributed by atoms with E-state index in [0.717, 1.165) is 5.52 Å². The Hall–Kier alpha value is -2.30. The zero-order valence-corrected chi connectivity index (χ0v) is 15.0. The fourth-order valence-electron chi connectivity index (χ4n) is 3.46. The van der Waals surface area contributed by atoms with Crippen molar-refractivity contribution in [2.24, 2.45) is 7.05 Å². The van der Waals surface area contributed by atoms with Gasteiger partial charge in [-0.05, 0) is 45.8 Å². The number of nitrogens with zero attached hydrogens (tertiary/aromatic N) is 2. The zero-order chi connectivity index (χ0) is 16.3. The van der Waals surface area contributed by atoms with Crippen LogP contribution in [0.25, 0.3) is 41.6 Å². The van der Waals surface area contributed by atoms with Crippen molar-refractivity contribution in [2.75, 3.05) is 0 Å². The molecule has 2 nitrogen and oxygen atoms in total. The molecule has 0 atom stereocenters. The molecule has 0 saturated heterocycles. The van der Waals surface area contributed by atoms with Crippen molar-refractivity contribution in [1.82, 2.24) is 4.98 Å². The maximum Gasteiger partial charge on any atom is 0.287 e. The van der Waals surface area contributed by atoms with Gasteiger partial charge in [0.1, 0.15) is 4.70 Å². The van der Waals surface area contributed by atoms with Crippen LogP contribution in [0.1, 0.15) is 5.56 Å². The lowest BCUT2D eigenvalue weighted by Gasteiger charge is -2.10. The van der Waals surface area contributed by atoms with Gasteiger partial charge in [-0.2, -0.15) is 0 Å². The summed E-state index contributed by atoms with van der Waals surface area (Å²) in [5.41, 5.74) is 5.00. The molecular formula is C20H15N2S2+. The topological polar surface area (TPSA) is 16.8 Å². The highest BCUT2D eigenvalue weighted by atomic mass is 32.2. The van der Waals surface area contributed by atoms with Gasteiger partial charge in [0.2, 0.25) is 5.52 Å². The lowest BCUT2D eigenvalue weighted by Crippen LogP contribution is -2.31. The molecule has 0 spiro atoms. The van der Waals surface area contributed by atoms with Crippen LogP contribution in [0.3, 0.4) is 0 Å². The van der Waals surface area contributed by atoms with Crippen molar-refractivity contribution in [3.8, 4) is 11.3 Å². The minimum absolute atomic E-state index is 1.12. The van der Waals surface area contributed by atoms with Crippen LogP contribution >= 0.6 is 22.7 Å². The first-order valence-electron chi connectivity index (χ1n) is 7.87. The Bertz CT molecular complexity index is 1230. The summed E-state index contributed by atoms with van der Waals surface area (Å²) < 4.78 is 4.78. The predicted octanol–water partition coefficient (Wildman–Crippen LogP) is 5.46. The molecule has 0 bridgehead atoms. The zero-order valence-electron chi connectivity index (χ0n) is 13.4. The van der Waals surface area contributed by atoms with Gasteiger partial charge in [0.05, 0.1) is 16.4 Å². The van der Waals surface area contributed by atoms with Gasteiger partial charge in [-0.1, -0.05) is 30.3 Å². The highest BCUT2D eigenvalue weighted by molar-refractivity contribution is 7.41. The predicted molar refractivity (Wildman–Crippen MR) is 104 cm³/mol. The molecule has 0 radical (unpaired) electrons. The SMILES string of the molecule is Cc1c(-c2c3sc4sccc4c3nc[n+]2C)ccc2ccccc12. The van der Waals surface area contributed by atoms with Crippen LogP contribution in [0.2, 0.25) is 0 Å². The summed E-state index contributed by atoms with van der Waals surface area (Å²) in [6.45, 7) is 2.22. The van der Waals surface area contributed by atoms with Crippen LogP contribution < -0.4 is 4.57 Å². The second-order valence-electron chi connectivity index (χ2n) is 6.06. The Balaban J connectivity index is 1.92. The Morgan fingerprint density at radius 3 is 2.79 bits per heavy atom. The van der Waals surface area contributed by atoms with Crippen LogP contribution in [0, 0.1) is 6.92 Å². The second kappa shape index (κ2) is 5.10. The number of hydrogen-bond donors (Lipinski definition) is 0. The number of hydrogen-bond acceptors (Lipinski definition) is 3. The largest absolute Gasteiger partial charge is 0.287 e. The Morgan fingerprint density at radius 2 is 1.88 bits per heavy atom. The monoisotopic (exact) mass is 347 g/mol. The number of aromatic nitrogens is 2. The van der Waals surface area contributed by atoms with E-state index in [-0.39, 0.29) is 0 Å². The molecule has 2 aromatic carbocycles. The summed E-state index contributed by atoms with van der Waals surface area (Å²) in [5, 5.41) is 6.04. The second-order valence-corrected chi connectivity index (χ2v) is 8.26. The average molecular weight is 347 g/mol. The van der Waals surface area contributed by atoms with Crippen LogP contribution in [0.5, 0.6) is 0 Å². The molecule has 3 heterocycles. The van der Waals surface area contributed by atoms with Crippen molar-refractivity contribution < 1.29 is 4.57 Å². The molecule has 116 valence electrons. The molecule has 0 unspecified atom stereocenters. The third-order valence-corrected chi connectivity index (χ3v) is 6.92. The molecule has 0 amide bonds. The van der Waals surface area contributed by atoms with E-state index in [9.17, 15) is 0 Å². The quantitative estimate of drug-likeness (QED) is 0.368. The van der Waals surface area contributed by atoms with Gasteiger partial charge in [-0.15, -0.1) is 22.7 Å². The van der Waals surface area contributed by atoms with Gasteiger partial charge in [-0.25, -0.2) is 4.57 Å². The van der Waals surface area contributed by atoms with Crippen LogP contribution in [-0.4, -0.2) is 4.98 Å². The first-order valence-corrected chi connectivity index (χ1v) is 9.57. The van der Waals surface area contributed by atoms with E-state index < -0.39 is 0 Å². The smallest absolute Gasteiger partial charge is 0.231 e. The molecule has 24 heavy (non-hydrogen) atoms. The van der Waals surface area contributed by atoms with Crippen molar-refractivity contribution in [3.05, 3.63) is 59.7 Å². The Kier molecular flexibility index (Phi) is 2.99. The molecule has 0 fully saturated rings. The molecule has 5 rings (SSSR count). The van der Waals surface area contributed by atoms with Gasteiger partial charge in [-0.3, -0.25) is 0 Å². The Morgan fingerprint density at radius 1 is 1.00 bits per heavy atom. The molecule has 0 N–H and O–H groups in total. The van der Waals surface area contributed by atoms with E-state index in [1.165, 1.54) is 41.7 Å². The van der Waals surface area contributed by atoms with Crippen molar-refractivity contribution in [1.29, 1.82) is 0 Å². The number of benzene rings is 2. The number of fused-ring (bicyclic) bond motifs is 4. The molecule has 3 aromatic heterocycles.